The van der Waals surface area contributed by atoms with Gasteiger partial charge in [0.25, 0.3) is 5.91 Å². The highest BCUT2D eigenvalue weighted by Crippen LogP contribution is 2.25. The topological polar surface area (TPSA) is 63.7 Å². The number of carbonyl (C=O) groups excluding carboxylic acids is 3. The summed E-state index contributed by atoms with van der Waals surface area (Å²) in [6, 6.07) is 0. The molecule has 0 N–H and O–H groups in total. The molecular weight excluding hydrogens is 234 g/mol. The van der Waals surface area contributed by atoms with Crippen LogP contribution in [0.4, 0.5) is 0 Å². The van der Waals surface area contributed by atoms with E-state index in [0.29, 0.717) is 6.42 Å². The highest BCUT2D eigenvalue weighted by molar-refractivity contribution is 6.05. The number of imide groups is 1. The molecule has 0 aromatic carbocycles. The van der Waals surface area contributed by atoms with Crippen LogP contribution in [0.25, 0.3) is 0 Å². The van der Waals surface area contributed by atoms with Crippen LogP contribution in [-0.4, -0.2) is 35.8 Å². The van der Waals surface area contributed by atoms with Gasteiger partial charge < -0.3 is 4.74 Å². The molecule has 0 radical (unpaired) electrons. The molecule has 2 amide bonds. The van der Waals surface area contributed by atoms with Crippen LogP contribution in [0, 0.1) is 5.92 Å². The molecule has 1 saturated heterocycles. The fraction of sp³-hybridized carbons (Fsp3) is 0.615. The first-order chi connectivity index (χ1) is 8.49. The molecule has 0 spiro atoms. The summed E-state index contributed by atoms with van der Waals surface area (Å²) in [7, 11) is 1.41. The van der Waals surface area contributed by atoms with Gasteiger partial charge in [0.15, 0.2) is 6.10 Å². The predicted molar refractivity (Wildman–Crippen MR) is 63.4 cm³/mol. The number of likely N-dealkylation sites (tertiary alicyclic amines) is 1. The lowest BCUT2D eigenvalue weighted by atomic mass is 9.90. The van der Waals surface area contributed by atoms with E-state index in [0.717, 1.165) is 17.7 Å². The van der Waals surface area contributed by atoms with Gasteiger partial charge >= 0.3 is 5.97 Å². The van der Waals surface area contributed by atoms with Crippen molar-refractivity contribution in [2.24, 2.45) is 5.92 Å². The monoisotopic (exact) mass is 251 g/mol. The Hall–Kier alpha value is -1.65. The number of hydrogen-bond acceptors (Lipinski definition) is 4. The first-order valence-electron chi connectivity index (χ1n) is 6.15. The molecule has 18 heavy (non-hydrogen) atoms. The minimum Gasteiger partial charge on any atom is -0.451 e. The molecule has 5 heteroatoms. The Kier molecular flexibility index (Phi) is 3.50. The van der Waals surface area contributed by atoms with E-state index in [9.17, 15) is 14.4 Å². The SMILES string of the molecule is CC1=CC[C@H](C(=O)O[C@H]2CC(=O)N(C)C2=O)CC1. The molecule has 1 fully saturated rings. The quantitative estimate of drug-likeness (QED) is 0.418. The lowest BCUT2D eigenvalue weighted by Crippen LogP contribution is -2.32. The zero-order valence-corrected chi connectivity index (χ0v) is 10.6. The van der Waals surface area contributed by atoms with E-state index in [1.807, 2.05) is 13.0 Å². The maximum Gasteiger partial charge on any atom is 0.310 e. The summed E-state index contributed by atoms with van der Waals surface area (Å²) < 4.78 is 5.16. The van der Waals surface area contributed by atoms with Crippen LogP contribution in [0.1, 0.15) is 32.6 Å². The van der Waals surface area contributed by atoms with Crippen molar-refractivity contribution in [3.05, 3.63) is 11.6 Å². The molecule has 1 aliphatic heterocycles. The third kappa shape index (κ3) is 2.44. The Morgan fingerprint density at radius 3 is 2.67 bits per heavy atom. The summed E-state index contributed by atoms with van der Waals surface area (Å²) >= 11 is 0. The van der Waals surface area contributed by atoms with Gasteiger partial charge in [0, 0.05) is 7.05 Å². The first-order valence-corrected chi connectivity index (χ1v) is 6.15. The molecule has 0 bridgehead atoms. The molecule has 0 saturated carbocycles. The van der Waals surface area contributed by atoms with Crippen LogP contribution in [0.15, 0.2) is 11.6 Å². The van der Waals surface area contributed by atoms with Gasteiger partial charge in [-0.25, -0.2) is 0 Å². The van der Waals surface area contributed by atoms with Crippen molar-refractivity contribution in [3.63, 3.8) is 0 Å². The van der Waals surface area contributed by atoms with Crippen LogP contribution < -0.4 is 0 Å². The Labute approximate surface area is 106 Å². The Balaban J connectivity index is 1.93. The average Bonchev–Trinajstić information content (AvgIpc) is 2.58. The number of carbonyl (C=O) groups is 3. The molecule has 0 aromatic rings. The minimum absolute atomic E-state index is 0.0251. The van der Waals surface area contributed by atoms with Crippen LogP contribution in [-0.2, 0) is 19.1 Å². The molecule has 0 unspecified atom stereocenters. The van der Waals surface area contributed by atoms with E-state index in [1.54, 1.807) is 0 Å². The van der Waals surface area contributed by atoms with Crippen molar-refractivity contribution in [2.75, 3.05) is 7.05 Å². The first kappa shape index (κ1) is 12.8. The van der Waals surface area contributed by atoms with E-state index >= 15 is 0 Å². The van der Waals surface area contributed by atoms with Gasteiger partial charge in [-0.3, -0.25) is 19.3 Å². The molecule has 1 heterocycles. The maximum absolute atomic E-state index is 11.9. The number of likely N-dealkylation sites (N-methyl/N-ethyl adjacent to an activating group) is 1. The van der Waals surface area contributed by atoms with E-state index in [4.69, 9.17) is 4.74 Å². The number of esters is 1. The molecule has 5 nitrogen and oxygen atoms in total. The number of allylic oxidation sites excluding steroid dienone is 2. The van der Waals surface area contributed by atoms with Gasteiger partial charge in [-0.1, -0.05) is 11.6 Å². The second-order valence-electron chi connectivity index (χ2n) is 4.94. The van der Waals surface area contributed by atoms with E-state index in [1.165, 1.54) is 12.6 Å². The van der Waals surface area contributed by atoms with E-state index in [-0.39, 0.29) is 24.2 Å². The van der Waals surface area contributed by atoms with Gasteiger partial charge in [0.05, 0.1) is 12.3 Å². The highest BCUT2D eigenvalue weighted by atomic mass is 16.5. The summed E-state index contributed by atoms with van der Waals surface area (Å²) in [5.74, 6) is -1.25. The van der Waals surface area contributed by atoms with Gasteiger partial charge in [0.1, 0.15) is 0 Å². The molecule has 2 aliphatic rings. The van der Waals surface area contributed by atoms with Gasteiger partial charge in [-0.15, -0.1) is 0 Å². The third-order valence-corrected chi connectivity index (χ3v) is 3.57. The lowest BCUT2D eigenvalue weighted by Gasteiger charge is -2.20. The molecule has 1 aliphatic carbocycles. The summed E-state index contributed by atoms with van der Waals surface area (Å²) in [4.78, 5) is 35.8. The highest BCUT2D eigenvalue weighted by Gasteiger charge is 2.39. The fourth-order valence-corrected chi connectivity index (χ4v) is 2.23. The average molecular weight is 251 g/mol. The Bertz CT molecular complexity index is 427. The van der Waals surface area contributed by atoms with Crippen LogP contribution in [0.3, 0.4) is 0 Å². The predicted octanol–water partition coefficient (Wildman–Crippen LogP) is 1.03. The number of hydrogen-bond donors (Lipinski definition) is 0. The van der Waals surface area contributed by atoms with E-state index < -0.39 is 12.0 Å². The van der Waals surface area contributed by atoms with Crippen LogP contribution >= 0.6 is 0 Å². The standard InChI is InChI=1S/C13H17NO4/c1-8-3-5-9(6-4-8)13(17)18-10-7-11(15)14(2)12(10)16/h3,9-10H,4-7H2,1-2H3/t9-,10-/m0/s1. The van der Waals surface area contributed by atoms with Gasteiger partial charge in [-0.05, 0) is 26.2 Å². The van der Waals surface area contributed by atoms with Crippen LogP contribution in [0.5, 0.6) is 0 Å². The molecule has 98 valence electrons. The van der Waals surface area contributed by atoms with Crippen molar-refractivity contribution >= 4 is 17.8 Å². The second-order valence-corrected chi connectivity index (χ2v) is 4.94. The number of ether oxygens (including phenoxy) is 1. The van der Waals surface area contributed by atoms with E-state index in [2.05, 4.69) is 0 Å². The van der Waals surface area contributed by atoms with Crippen LogP contribution in [0.2, 0.25) is 0 Å². The van der Waals surface area contributed by atoms with Gasteiger partial charge in [-0.2, -0.15) is 0 Å². The maximum atomic E-state index is 11.9. The zero-order valence-electron chi connectivity index (χ0n) is 10.6. The normalized spacial score (nSPS) is 28.3. The van der Waals surface area contributed by atoms with Crippen molar-refractivity contribution < 1.29 is 19.1 Å². The summed E-state index contributed by atoms with van der Waals surface area (Å²) in [6.07, 6.45) is 3.39. The molecule has 2 rings (SSSR count). The van der Waals surface area contributed by atoms with Crippen molar-refractivity contribution in [3.8, 4) is 0 Å². The van der Waals surface area contributed by atoms with Crippen molar-refractivity contribution in [2.45, 2.75) is 38.7 Å². The Morgan fingerprint density at radius 2 is 2.17 bits per heavy atom. The molecular formula is C13H17NO4. The number of rotatable bonds is 2. The minimum atomic E-state index is -0.915. The van der Waals surface area contributed by atoms with Crippen molar-refractivity contribution in [1.29, 1.82) is 0 Å². The summed E-state index contributed by atoms with van der Waals surface area (Å²) in [5.41, 5.74) is 1.28. The fourth-order valence-electron chi connectivity index (χ4n) is 2.23. The summed E-state index contributed by atoms with van der Waals surface area (Å²) in [5, 5.41) is 0. The second kappa shape index (κ2) is 4.92. The number of amides is 2. The third-order valence-electron chi connectivity index (χ3n) is 3.57. The zero-order chi connectivity index (χ0) is 13.3. The lowest BCUT2D eigenvalue weighted by molar-refractivity contribution is -0.160. The largest absolute Gasteiger partial charge is 0.451 e. The number of nitrogens with zero attached hydrogens (tertiary/aromatic N) is 1. The smallest absolute Gasteiger partial charge is 0.310 e. The van der Waals surface area contributed by atoms with Crippen molar-refractivity contribution in [1.82, 2.24) is 4.90 Å². The summed E-state index contributed by atoms with van der Waals surface area (Å²) in [6.45, 7) is 2.04. The Morgan fingerprint density at radius 1 is 1.44 bits per heavy atom. The molecule has 0 aromatic heterocycles. The molecule has 2 atom stereocenters. The van der Waals surface area contributed by atoms with Gasteiger partial charge in [0.2, 0.25) is 5.91 Å².